The molecule has 0 radical (unpaired) electrons. The van der Waals surface area contributed by atoms with Crippen LogP contribution in [0.1, 0.15) is 55.5 Å². The second kappa shape index (κ2) is 8.02. The maximum absolute atomic E-state index is 13.2. The number of hydrogen-bond donors (Lipinski definition) is 2. The number of amides is 1. The Balaban J connectivity index is 1.79. The molecule has 3 heterocycles. The Morgan fingerprint density at radius 2 is 2.07 bits per heavy atom. The molecule has 1 amide bonds. The number of carbonyl (C=O) groups is 1. The van der Waals surface area contributed by atoms with E-state index in [2.05, 4.69) is 16.5 Å². The summed E-state index contributed by atoms with van der Waals surface area (Å²) in [6.45, 7) is 5.95. The Labute approximate surface area is 169 Å². The minimum Gasteiger partial charge on any atom is -0.492 e. The summed E-state index contributed by atoms with van der Waals surface area (Å²) in [4.78, 5) is 25.8. The third-order valence-electron chi connectivity index (χ3n) is 5.41. The molecule has 0 aromatic carbocycles. The van der Waals surface area contributed by atoms with E-state index in [0.717, 1.165) is 44.5 Å². The minimum absolute atomic E-state index is 0.0890. The van der Waals surface area contributed by atoms with Crippen molar-refractivity contribution in [2.45, 2.75) is 52.1 Å². The predicted molar refractivity (Wildman–Crippen MR) is 109 cm³/mol. The van der Waals surface area contributed by atoms with Crippen LogP contribution in [0.25, 0.3) is 11.7 Å². The van der Waals surface area contributed by atoms with Crippen molar-refractivity contribution in [3.63, 3.8) is 0 Å². The summed E-state index contributed by atoms with van der Waals surface area (Å²) >= 11 is 0. The quantitative estimate of drug-likeness (QED) is 0.775. The topological polar surface area (TPSA) is 97.9 Å². The van der Waals surface area contributed by atoms with E-state index in [-0.39, 0.29) is 17.5 Å². The SMILES string of the molecule is CC(C)Cn1c(=O)c(C(=O)NC2CC2)c(O)n2ncc(C=CC3CCOCC3)c12. The number of rotatable bonds is 6. The first-order chi connectivity index (χ1) is 14.0. The Bertz CT molecular complexity index is 994. The van der Waals surface area contributed by atoms with E-state index in [0.29, 0.717) is 18.1 Å². The summed E-state index contributed by atoms with van der Waals surface area (Å²) in [5.41, 5.74) is 0.530. The summed E-state index contributed by atoms with van der Waals surface area (Å²) in [5.74, 6) is -0.346. The van der Waals surface area contributed by atoms with Crippen molar-refractivity contribution in [1.29, 1.82) is 0 Å². The first kappa shape index (κ1) is 19.7. The highest BCUT2D eigenvalue weighted by Crippen LogP contribution is 2.24. The van der Waals surface area contributed by atoms with Crippen molar-refractivity contribution in [1.82, 2.24) is 19.5 Å². The van der Waals surface area contributed by atoms with Crippen molar-refractivity contribution in [3.05, 3.63) is 33.8 Å². The lowest BCUT2D eigenvalue weighted by Gasteiger charge is -2.18. The van der Waals surface area contributed by atoms with Crippen LogP contribution in [0.2, 0.25) is 0 Å². The van der Waals surface area contributed by atoms with E-state index < -0.39 is 17.3 Å². The van der Waals surface area contributed by atoms with Crippen LogP contribution in [0.4, 0.5) is 0 Å². The molecule has 2 aliphatic rings. The van der Waals surface area contributed by atoms with E-state index >= 15 is 0 Å². The van der Waals surface area contributed by atoms with Gasteiger partial charge >= 0.3 is 0 Å². The summed E-state index contributed by atoms with van der Waals surface area (Å²) in [7, 11) is 0. The number of aromatic nitrogens is 3. The predicted octanol–water partition coefficient (Wildman–Crippen LogP) is 2.19. The summed E-state index contributed by atoms with van der Waals surface area (Å²) < 4.78 is 8.26. The molecule has 2 fully saturated rings. The van der Waals surface area contributed by atoms with Gasteiger partial charge in [0.1, 0.15) is 5.65 Å². The van der Waals surface area contributed by atoms with Gasteiger partial charge in [-0.05, 0) is 37.5 Å². The lowest BCUT2D eigenvalue weighted by molar-refractivity contribution is 0.0787. The summed E-state index contributed by atoms with van der Waals surface area (Å²) in [5, 5.41) is 17.8. The number of hydrogen-bond acceptors (Lipinski definition) is 5. The van der Waals surface area contributed by atoms with Gasteiger partial charge in [-0.15, -0.1) is 0 Å². The number of nitrogens with one attached hydrogen (secondary N) is 1. The second-order valence-electron chi connectivity index (χ2n) is 8.40. The molecule has 0 spiro atoms. The monoisotopic (exact) mass is 400 g/mol. The zero-order chi connectivity index (χ0) is 20.5. The first-order valence-corrected chi connectivity index (χ1v) is 10.4. The normalized spacial score (nSPS) is 18.2. The van der Waals surface area contributed by atoms with Gasteiger partial charge in [-0.1, -0.05) is 26.0 Å². The van der Waals surface area contributed by atoms with Gasteiger partial charge in [0.15, 0.2) is 5.56 Å². The average molecular weight is 400 g/mol. The van der Waals surface area contributed by atoms with E-state index in [4.69, 9.17) is 4.74 Å². The molecule has 2 aromatic heterocycles. The minimum atomic E-state index is -0.538. The molecular formula is C21H28N4O4. The van der Waals surface area contributed by atoms with Crippen molar-refractivity contribution in [2.24, 2.45) is 11.8 Å². The second-order valence-corrected chi connectivity index (χ2v) is 8.40. The fourth-order valence-corrected chi connectivity index (χ4v) is 3.70. The molecule has 1 saturated carbocycles. The van der Waals surface area contributed by atoms with Crippen LogP contribution in [0.15, 0.2) is 17.1 Å². The van der Waals surface area contributed by atoms with Crippen LogP contribution in [0.3, 0.4) is 0 Å². The van der Waals surface area contributed by atoms with Gasteiger partial charge in [-0.25, -0.2) is 0 Å². The number of carbonyl (C=O) groups excluding carboxylic acids is 1. The van der Waals surface area contributed by atoms with Gasteiger partial charge < -0.3 is 15.2 Å². The number of aromatic hydroxyl groups is 1. The van der Waals surface area contributed by atoms with Gasteiger partial charge in [-0.2, -0.15) is 9.61 Å². The highest BCUT2D eigenvalue weighted by molar-refractivity contribution is 5.96. The molecule has 1 saturated heterocycles. The number of nitrogens with zero attached hydrogens (tertiary/aromatic N) is 3. The summed E-state index contributed by atoms with van der Waals surface area (Å²) in [6.07, 6.45) is 9.43. The first-order valence-electron chi connectivity index (χ1n) is 10.4. The molecule has 8 nitrogen and oxygen atoms in total. The molecule has 2 aromatic rings. The molecule has 4 rings (SSSR count). The maximum atomic E-state index is 13.2. The Morgan fingerprint density at radius 3 is 2.72 bits per heavy atom. The standard InChI is InChI=1S/C21H28N4O4/c1-13(2)12-24-19-15(4-3-14-7-9-29-10-8-14)11-22-25(19)21(28)17(20(24)27)18(26)23-16-5-6-16/h3-4,11,13-14,16,28H,5-10,12H2,1-2H3,(H,23,26). The van der Waals surface area contributed by atoms with E-state index in [1.165, 1.54) is 4.52 Å². The fourth-order valence-electron chi connectivity index (χ4n) is 3.70. The molecule has 1 aliphatic heterocycles. The number of allylic oxidation sites excluding steroid dienone is 1. The van der Waals surface area contributed by atoms with Gasteiger partial charge in [0.25, 0.3) is 11.5 Å². The van der Waals surface area contributed by atoms with Crippen LogP contribution in [-0.4, -0.2) is 44.5 Å². The highest BCUT2D eigenvalue weighted by atomic mass is 16.5. The molecule has 29 heavy (non-hydrogen) atoms. The molecule has 156 valence electrons. The molecule has 2 N–H and O–H groups in total. The van der Waals surface area contributed by atoms with Crippen LogP contribution in [0.5, 0.6) is 5.88 Å². The Hall–Kier alpha value is -2.61. The van der Waals surface area contributed by atoms with E-state index in [1.807, 2.05) is 19.9 Å². The highest BCUT2D eigenvalue weighted by Gasteiger charge is 2.29. The van der Waals surface area contributed by atoms with Gasteiger partial charge in [0.05, 0.1) is 6.20 Å². The molecule has 1 aliphatic carbocycles. The largest absolute Gasteiger partial charge is 0.492 e. The molecule has 0 atom stereocenters. The maximum Gasteiger partial charge on any atom is 0.270 e. The van der Waals surface area contributed by atoms with Crippen molar-refractivity contribution >= 4 is 17.6 Å². The molecular weight excluding hydrogens is 372 g/mol. The lowest BCUT2D eigenvalue weighted by Crippen LogP contribution is -2.36. The third-order valence-corrected chi connectivity index (χ3v) is 5.41. The molecule has 8 heteroatoms. The molecule has 0 bridgehead atoms. The summed E-state index contributed by atoms with van der Waals surface area (Å²) in [6, 6.07) is 0.0890. The smallest absolute Gasteiger partial charge is 0.270 e. The van der Waals surface area contributed by atoms with Crippen LogP contribution in [0, 0.1) is 11.8 Å². The Morgan fingerprint density at radius 1 is 1.34 bits per heavy atom. The van der Waals surface area contributed by atoms with Gasteiger partial charge in [0, 0.05) is 31.4 Å². The van der Waals surface area contributed by atoms with Crippen molar-refractivity contribution < 1.29 is 14.6 Å². The zero-order valence-electron chi connectivity index (χ0n) is 16.9. The lowest BCUT2D eigenvalue weighted by atomic mass is 9.99. The third kappa shape index (κ3) is 4.07. The van der Waals surface area contributed by atoms with E-state index in [9.17, 15) is 14.7 Å². The average Bonchev–Trinajstić information content (AvgIpc) is 3.40. The van der Waals surface area contributed by atoms with Crippen LogP contribution < -0.4 is 10.9 Å². The fraction of sp³-hybridized carbons (Fsp3) is 0.571. The molecule has 0 unspecified atom stereocenters. The van der Waals surface area contributed by atoms with Crippen molar-refractivity contribution in [2.75, 3.05) is 13.2 Å². The Kier molecular flexibility index (Phi) is 5.45. The van der Waals surface area contributed by atoms with Crippen LogP contribution >= 0.6 is 0 Å². The number of ether oxygens (including phenoxy) is 1. The van der Waals surface area contributed by atoms with Gasteiger partial charge in [0.2, 0.25) is 5.88 Å². The number of fused-ring (bicyclic) bond motifs is 1. The zero-order valence-corrected chi connectivity index (χ0v) is 16.9. The van der Waals surface area contributed by atoms with E-state index in [1.54, 1.807) is 10.8 Å². The van der Waals surface area contributed by atoms with Gasteiger partial charge in [-0.3, -0.25) is 14.2 Å². The van der Waals surface area contributed by atoms with Crippen molar-refractivity contribution in [3.8, 4) is 5.88 Å². The van der Waals surface area contributed by atoms with Crippen LogP contribution in [-0.2, 0) is 11.3 Å².